The van der Waals surface area contributed by atoms with Crippen molar-refractivity contribution in [1.82, 2.24) is 4.90 Å². The Balaban J connectivity index is 1.72. The van der Waals surface area contributed by atoms with E-state index in [4.69, 9.17) is 0 Å². The number of likely N-dealkylation sites (tertiary alicyclic amines) is 1. The molecule has 2 fully saturated rings. The number of carbonyl (C=O) groups excluding carboxylic acids is 1. The maximum absolute atomic E-state index is 12.7. The predicted molar refractivity (Wildman–Crippen MR) is 93.0 cm³/mol. The molecule has 1 aliphatic heterocycles. The third-order valence-electron chi connectivity index (χ3n) is 5.98. The molecule has 3 atom stereocenters. The number of fused-ring (bicyclic) bond motifs is 1. The van der Waals surface area contributed by atoms with Crippen molar-refractivity contribution in [2.75, 3.05) is 18.4 Å². The topological polar surface area (TPSA) is 69.6 Å². The van der Waals surface area contributed by atoms with E-state index in [-0.39, 0.29) is 17.9 Å². The van der Waals surface area contributed by atoms with Crippen molar-refractivity contribution in [3.8, 4) is 0 Å². The molecule has 1 amide bonds. The number of para-hydroxylation sites is 1. The van der Waals surface area contributed by atoms with E-state index in [1.54, 1.807) is 0 Å². The summed E-state index contributed by atoms with van der Waals surface area (Å²) in [4.78, 5) is 26.5. The van der Waals surface area contributed by atoms with Crippen molar-refractivity contribution in [2.24, 2.45) is 11.3 Å². The number of anilines is 1. The third-order valence-corrected chi connectivity index (χ3v) is 5.98. The average Bonchev–Trinajstić information content (AvgIpc) is 3.08. The van der Waals surface area contributed by atoms with Crippen molar-refractivity contribution in [2.45, 2.75) is 46.1 Å². The normalized spacial score (nSPS) is 27.7. The minimum absolute atomic E-state index is 0.0621. The number of nitrogens with zero attached hydrogens (tertiary/aromatic N) is 1. The third kappa shape index (κ3) is 2.71. The molecule has 0 aromatic heterocycles. The molecule has 1 aliphatic carbocycles. The molecule has 0 bridgehead atoms. The number of amides is 1. The van der Waals surface area contributed by atoms with Crippen molar-refractivity contribution in [3.05, 3.63) is 29.3 Å². The van der Waals surface area contributed by atoms with E-state index in [1.165, 1.54) is 0 Å². The molecule has 2 N–H and O–H groups in total. The molecule has 5 nitrogen and oxygen atoms in total. The molecule has 0 radical (unpaired) electrons. The van der Waals surface area contributed by atoms with Gasteiger partial charge in [-0.15, -0.1) is 0 Å². The number of hydrogen-bond donors (Lipinski definition) is 2. The van der Waals surface area contributed by atoms with Gasteiger partial charge in [-0.2, -0.15) is 0 Å². The highest BCUT2D eigenvalue weighted by molar-refractivity contribution is 5.96. The second-order valence-corrected chi connectivity index (χ2v) is 7.41. The fraction of sp³-hybridized carbons (Fsp3) is 0.579. The molecule has 24 heavy (non-hydrogen) atoms. The van der Waals surface area contributed by atoms with E-state index in [0.29, 0.717) is 13.1 Å². The van der Waals surface area contributed by atoms with E-state index in [9.17, 15) is 14.7 Å². The SMILES string of the molecule is Cc1cccc(C)c1NC(=O)C(C)N1C[C@@H]2CCC[C@@]2(C(=O)O)C1. The van der Waals surface area contributed by atoms with Gasteiger partial charge in [-0.3, -0.25) is 14.5 Å². The fourth-order valence-corrected chi connectivity index (χ4v) is 4.38. The van der Waals surface area contributed by atoms with Gasteiger partial charge in [0.2, 0.25) is 5.91 Å². The van der Waals surface area contributed by atoms with Gasteiger partial charge in [-0.05, 0) is 50.7 Å². The zero-order valence-corrected chi connectivity index (χ0v) is 14.6. The summed E-state index contributed by atoms with van der Waals surface area (Å²) in [6.45, 7) is 7.02. The Morgan fingerprint density at radius 3 is 2.58 bits per heavy atom. The number of benzene rings is 1. The van der Waals surface area contributed by atoms with Crippen LogP contribution in [0.15, 0.2) is 18.2 Å². The van der Waals surface area contributed by atoms with Crippen LogP contribution in [0.1, 0.15) is 37.3 Å². The number of carbonyl (C=O) groups is 2. The summed E-state index contributed by atoms with van der Waals surface area (Å²) < 4.78 is 0. The molecule has 1 aromatic carbocycles. The van der Waals surface area contributed by atoms with Crippen molar-refractivity contribution >= 4 is 17.6 Å². The molecule has 0 spiro atoms. The van der Waals surface area contributed by atoms with Crippen LogP contribution in [0.3, 0.4) is 0 Å². The van der Waals surface area contributed by atoms with Crippen LogP contribution in [0, 0.1) is 25.2 Å². The highest BCUT2D eigenvalue weighted by Gasteiger charge is 2.55. The standard InChI is InChI=1S/C19H26N2O3/c1-12-6-4-7-13(2)16(12)20-17(22)14(3)21-10-15-8-5-9-19(15,11-21)18(23)24/h4,6-7,14-15H,5,8-11H2,1-3H3,(H,20,22)(H,23,24)/t14?,15-,19+/m0/s1. The largest absolute Gasteiger partial charge is 0.481 e. The van der Waals surface area contributed by atoms with Gasteiger partial charge in [0.1, 0.15) is 0 Å². The number of aryl methyl sites for hydroxylation is 2. The lowest BCUT2D eigenvalue weighted by Crippen LogP contribution is -2.43. The summed E-state index contributed by atoms with van der Waals surface area (Å²) in [5, 5.41) is 12.7. The second kappa shape index (κ2) is 6.20. The van der Waals surface area contributed by atoms with Crippen LogP contribution < -0.4 is 5.32 Å². The second-order valence-electron chi connectivity index (χ2n) is 7.41. The Bertz CT molecular complexity index is 652. The lowest BCUT2D eigenvalue weighted by Gasteiger charge is -2.27. The first-order chi connectivity index (χ1) is 11.3. The first kappa shape index (κ1) is 17.0. The molecule has 1 aromatic rings. The minimum atomic E-state index is -0.699. The summed E-state index contributed by atoms with van der Waals surface area (Å²) in [6, 6.07) is 5.60. The zero-order valence-electron chi connectivity index (χ0n) is 14.6. The molecular weight excluding hydrogens is 304 g/mol. The van der Waals surface area contributed by atoms with Gasteiger partial charge in [0.25, 0.3) is 0 Å². The van der Waals surface area contributed by atoms with Crippen molar-refractivity contribution in [3.63, 3.8) is 0 Å². The van der Waals surface area contributed by atoms with E-state index >= 15 is 0 Å². The molecule has 3 rings (SSSR count). The molecule has 1 saturated heterocycles. The summed E-state index contributed by atoms with van der Waals surface area (Å²) in [5.41, 5.74) is 2.29. The van der Waals surface area contributed by atoms with Crippen LogP contribution >= 0.6 is 0 Å². The summed E-state index contributed by atoms with van der Waals surface area (Å²) in [6.07, 6.45) is 2.66. The lowest BCUT2D eigenvalue weighted by atomic mass is 9.81. The van der Waals surface area contributed by atoms with Gasteiger partial charge < -0.3 is 10.4 Å². The van der Waals surface area contributed by atoms with Crippen LogP contribution in [0.4, 0.5) is 5.69 Å². The van der Waals surface area contributed by atoms with Gasteiger partial charge in [0.05, 0.1) is 11.5 Å². The fourth-order valence-electron chi connectivity index (χ4n) is 4.38. The number of nitrogens with one attached hydrogen (secondary N) is 1. The van der Waals surface area contributed by atoms with Crippen LogP contribution in [0.25, 0.3) is 0 Å². The number of rotatable bonds is 4. The molecule has 1 unspecified atom stereocenters. The van der Waals surface area contributed by atoms with E-state index in [0.717, 1.165) is 36.1 Å². The number of carboxylic acids is 1. The number of carboxylic acid groups (broad SMARTS) is 1. The molecule has 1 saturated carbocycles. The van der Waals surface area contributed by atoms with Gasteiger partial charge in [0.15, 0.2) is 0 Å². The smallest absolute Gasteiger partial charge is 0.311 e. The van der Waals surface area contributed by atoms with Gasteiger partial charge in [-0.25, -0.2) is 0 Å². The minimum Gasteiger partial charge on any atom is -0.481 e. The number of aliphatic carboxylic acids is 1. The van der Waals surface area contributed by atoms with E-state index in [2.05, 4.69) is 5.32 Å². The average molecular weight is 330 g/mol. The van der Waals surface area contributed by atoms with E-state index in [1.807, 2.05) is 43.9 Å². The lowest BCUT2D eigenvalue weighted by molar-refractivity contribution is -0.149. The Morgan fingerprint density at radius 1 is 1.33 bits per heavy atom. The molecule has 5 heteroatoms. The van der Waals surface area contributed by atoms with Gasteiger partial charge in [-0.1, -0.05) is 24.6 Å². The zero-order chi connectivity index (χ0) is 17.5. The van der Waals surface area contributed by atoms with Crippen LogP contribution in [0.5, 0.6) is 0 Å². The predicted octanol–water partition coefficient (Wildman–Crippen LogP) is 2.82. The van der Waals surface area contributed by atoms with Gasteiger partial charge in [0, 0.05) is 18.8 Å². The molecular formula is C19H26N2O3. The Kier molecular flexibility index (Phi) is 4.38. The summed E-state index contributed by atoms with van der Waals surface area (Å²) >= 11 is 0. The Hall–Kier alpha value is -1.88. The molecule has 1 heterocycles. The van der Waals surface area contributed by atoms with Gasteiger partial charge >= 0.3 is 5.97 Å². The quantitative estimate of drug-likeness (QED) is 0.891. The van der Waals surface area contributed by atoms with Crippen LogP contribution in [-0.4, -0.2) is 41.0 Å². The first-order valence-corrected chi connectivity index (χ1v) is 8.69. The van der Waals surface area contributed by atoms with Crippen molar-refractivity contribution < 1.29 is 14.7 Å². The van der Waals surface area contributed by atoms with E-state index < -0.39 is 11.4 Å². The highest BCUT2D eigenvalue weighted by atomic mass is 16.4. The van der Waals surface area contributed by atoms with Crippen LogP contribution in [0.2, 0.25) is 0 Å². The van der Waals surface area contributed by atoms with Crippen LogP contribution in [-0.2, 0) is 9.59 Å². The number of hydrogen-bond acceptors (Lipinski definition) is 3. The summed E-state index contributed by atoms with van der Waals surface area (Å²) in [7, 11) is 0. The molecule has 2 aliphatic rings. The first-order valence-electron chi connectivity index (χ1n) is 8.69. The Morgan fingerprint density at radius 2 is 2.00 bits per heavy atom. The maximum Gasteiger partial charge on any atom is 0.311 e. The Labute approximate surface area is 143 Å². The monoisotopic (exact) mass is 330 g/mol. The van der Waals surface area contributed by atoms with Crippen molar-refractivity contribution in [1.29, 1.82) is 0 Å². The highest BCUT2D eigenvalue weighted by Crippen LogP contribution is 2.49. The maximum atomic E-state index is 12.7. The molecule has 130 valence electrons. The summed E-state index contributed by atoms with van der Waals surface area (Å²) in [5.74, 6) is -0.590.